The lowest BCUT2D eigenvalue weighted by Crippen LogP contribution is -2.39. The number of benzene rings is 3. The molecule has 0 saturated carbocycles. The Kier molecular flexibility index (Phi) is 4.54. The van der Waals surface area contributed by atoms with Crippen molar-refractivity contribution in [1.29, 1.82) is 0 Å². The molecule has 1 atom stereocenters. The molecule has 1 aliphatic rings. The largest absolute Gasteiger partial charge is 0.334 e. The third-order valence-corrected chi connectivity index (χ3v) is 5.21. The van der Waals surface area contributed by atoms with Gasteiger partial charge < -0.3 is 5.32 Å². The maximum Gasteiger partial charge on any atom is 0.252 e. The number of para-hydroxylation sites is 1. The first kappa shape index (κ1) is 16.5. The molecule has 4 rings (SSSR count). The Bertz CT molecular complexity index is 971. The van der Waals surface area contributed by atoms with Crippen LogP contribution < -0.4 is 5.32 Å². The summed E-state index contributed by atoms with van der Waals surface area (Å²) in [5.41, 5.74) is 2.93. The molecular formula is C21H15FN2OS. The van der Waals surface area contributed by atoms with Crippen LogP contribution in [0.3, 0.4) is 0 Å². The number of hydrogen-bond acceptors (Lipinski definition) is 3. The molecule has 1 N–H and O–H groups in total. The van der Waals surface area contributed by atoms with Gasteiger partial charge >= 0.3 is 0 Å². The van der Waals surface area contributed by atoms with Gasteiger partial charge in [0, 0.05) is 10.5 Å². The van der Waals surface area contributed by atoms with E-state index in [1.165, 1.54) is 23.9 Å². The Balaban J connectivity index is 1.70. The molecule has 3 aromatic carbocycles. The first-order valence-electron chi connectivity index (χ1n) is 8.17. The van der Waals surface area contributed by atoms with Crippen LogP contribution >= 0.6 is 11.8 Å². The molecule has 1 amide bonds. The van der Waals surface area contributed by atoms with Crippen molar-refractivity contribution in [2.45, 2.75) is 10.3 Å². The van der Waals surface area contributed by atoms with Crippen LogP contribution in [0.5, 0.6) is 0 Å². The summed E-state index contributed by atoms with van der Waals surface area (Å²) < 4.78 is 13.3. The Hall–Kier alpha value is -2.92. The highest BCUT2D eigenvalue weighted by Crippen LogP contribution is 2.38. The zero-order valence-corrected chi connectivity index (χ0v) is 14.5. The maximum atomic E-state index is 13.3. The van der Waals surface area contributed by atoms with Crippen molar-refractivity contribution < 1.29 is 9.18 Å². The number of carbonyl (C=O) groups excluding carboxylic acids is 1. The predicted molar refractivity (Wildman–Crippen MR) is 103 cm³/mol. The molecule has 1 aliphatic heterocycles. The van der Waals surface area contributed by atoms with E-state index in [4.69, 9.17) is 4.99 Å². The number of nitrogens with zero attached hydrogens (tertiary/aromatic N) is 1. The van der Waals surface area contributed by atoms with Gasteiger partial charge in [0.1, 0.15) is 11.2 Å². The first-order valence-corrected chi connectivity index (χ1v) is 9.05. The van der Waals surface area contributed by atoms with Crippen LogP contribution in [0.2, 0.25) is 0 Å². The van der Waals surface area contributed by atoms with Gasteiger partial charge in [-0.2, -0.15) is 0 Å². The summed E-state index contributed by atoms with van der Waals surface area (Å²) in [4.78, 5) is 18.3. The van der Waals surface area contributed by atoms with Crippen molar-refractivity contribution in [3.63, 3.8) is 0 Å². The van der Waals surface area contributed by atoms with E-state index < -0.39 is 0 Å². The third kappa shape index (κ3) is 3.39. The van der Waals surface area contributed by atoms with Crippen LogP contribution in [0, 0.1) is 5.82 Å². The van der Waals surface area contributed by atoms with Crippen molar-refractivity contribution in [2.24, 2.45) is 4.99 Å². The number of rotatable bonds is 3. The summed E-state index contributed by atoms with van der Waals surface area (Å²) in [6, 6.07) is 23.0. The zero-order chi connectivity index (χ0) is 17.9. The minimum Gasteiger partial charge on any atom is -0.334 e. The number of fused-ring (bicyclic) bond motifs is 1. The van der Waals surface area contributed by atoms with E-state index in [9.17, 15) is 9.18 Å². The number of hydrogen-bond donors (Lipinski definition) is 1. The molecule has 0 spiro atoms. The molecule has 0 saturated heterocycles. The fraction of sp³-hybridized carbons (Fsp3) is 0.0476. The van der Waals surface area contributed by atoms with Crippen LogP contribution in [-0.4, -0.2) is 17.0 Å². The average molecular weight is 362 g/mol. The van der Waals surface area contributed by atoms with Crippen molar-refractivity contribution in [1.82, 2.24) is 5.32 Å². The van der Waals surface area contributed by atoms with Gasteiger partial charge in [0.25, 0.3) is 5.91 Å². The van der Waals surface area contributed by atoms with Crippen LogP contribution in [0.15, 0.2) is 88.8 Å². The number of carbonyl (C=O) groups is 1. The number of amides is 1. The summed E-state index contributed by atoms with van der Waals surface area (Å²) in [5, 5.41) is 2.68. The monoisotopic (exact) mass is 362 g/mol. The van der Waals surface area contributed by atoms with Gasteiger partial charge in [-0.15, -0.1) is 0 Å². The second-order valence-corrected chi connectivity index (χ2v) is 6.96. The summed E-state index contributed by atoms with van der Waals surface area (Å²) in [5.74, 6) is -0.472. The van der Waals surface area contributed by atoms with Gasteiger partial charge in [-0.25, -0.2) is 9.38 Å². The molecule has 0 aliphatic carbocycles. The highest BCUT2D eigenvalue weighted by molar-refractivity contribution is 8.00. The van der Waals surface area contributed by atoms with Crippen LogP contribution in [0.25, 0.3) is 0 Å². The molecule has 128 valence electrons. The molecule has 3 nitrogen and oxygen atoms in total. The summed E-state index contributed by atoms with van der Waals surface area (Å²) >= 11 is 1.53. The minimum absolute atomic E-state index is 0.169. The normalized spacial score (nSPS) is 15.7. The van der Waals surface area contributed by atoms with E-state index >= 15 is 0 Å². The Morgan fingerprint density at radius 1 is 0.923 bits per heavy atom. The molecular weight excluding hydrogens is 347 g/mol. The van der Waals surface area contributed by atoms with Crippen LogP contribution in [0.1, 0.15) is 15.9 Å². The molecule has 5 heteroatoms. The fourth-order valence-electron chi connectivity index (χ4n) is 2.75. The van der Waals surface area contributed by atoms with Gasteiger partial charge in [-0.05, 0) is 42.0 Å². The number of thioether (sulfide) groups is 1. The minimum atomic E-state index is -0.358. The number of nitrogens with one attached hydrogen (secondary N) is 1. The lowest BCUT2D eigenvalue weighted by molar-refractivity contribution is 0.0956. The van der Waals surface area contributed by atoms with Gasteiger partial charge in [0.05, 0.1) is 11.4 Å². The Labute approximate surface area is 155 Å². The lowest BCUT2D eigenvalue weighted by atomic mass is 10.1. The molecule has 0 fully saturated rings. The van der Waals surface area contributed by atoms with E-state index in [0.717, 1.165) is 16.1 Å². The standard InChI is InChI=1S/C21H15FN2OS/c22-16-12-10-14(11-13-16)19-21(24-20(25)15-6-2-1-3-7-15)26-18-9-5-4-8-17(18)23-19/h1-13,21H,(H,24,25). The maximum absolute atomic E-state index is 13.3. The summed E-state index contributed by atoms with van der Waals surface area (Å²) in [7, 11) is 0. The SMILES string of the molecule is O=C(NC1Sc2ccccc2N=C1c1ccc(F)cc1)c1ccccc1. The van der Waals surface area contributed by atoms with Crippen LogP contribution in [0.4, 0.5) is 10.1 Å². The molecule has 0 aromatic heterocycles. The molecule has 0 radical (unpaired) electrons. The topological polar surface area (TPSA) is 41.5 Å². The average Bonchev–Trinajstić information content (AvgIpc) is 2.69. The van der Waals surface area contributed by atoms with Crippen molar-refractivity contribution in [2.75, 3.05) is 0 Å². The van der Waals surface area contributed by atoms with Crippen molar-refractivity contribution >= 4 is 29.1 Å². The van der Waals surface area contributed by atoms with Crippen molar-refractivity contribution in [3.05, 3.63) is 95.8 Å². The Morgan fingerprint density at radius 3 is 2.38 bits per heavy atom. The molecule has 26 heavy (non-hydrogen) atoms. The van der Waals surface area contributed by atoms with E-state index in [1.54, 1.807) is 24.3 Å². The Morgan fingerprint density at radius 2 is 1.62 bits per heavy atom. The smallest absolute Gasteiger partial charge is 0.252 e. The fourth-order valence-corrected chi connectivity index (χ4v) is 3.86. The highest BCUT2D eigenvalue weighted by atomic mass is 32.2. The summed E-state index contributed by atoms with van der Waals surface area (Å²) in [6.45, 7) is 0. The van der Waals surface area contributed by atoms with Gasteiger partial charge in [0.15, 0.2) is 0 Å². The quantitative estimate of drug-likeness (QED) is 0.727. The van der Waals surface area contributed by atoms with E-state index in [-0.39, 0.29) is 17.1 Å². The molecule has 0 bridgehead atoms. The van der Waals surface area contributed by atoms with Gasteiger partial charge in [-0.1, -0.05) is 54.2 Å². The van der Waals surface area contributed by atoms with Gasteiger partial charge in [0.2, 0.25) is 0 Å². The van der Waals surface area contributed by atoms with Crippen molar-refractivity contribution in [3.8, 4) is 0 Å². The van der Waals surface area contributed by atoms with E-state index in [2.05, 4.69) is 5.32 Å². The van der Waals surface area contributed by atoms with E-state index in [1.807, 2.05) is 42.5 Å². The highest BCUT2D eigenvalue weighted by Gasteiger charge is 2.27. The summed E-state index contributed by atoms with van der Waals surface area (Å²) in [6.07, 6.45) is 0. The predicted octanol–water partition coefficient (Wildman–Crippen LogP) is 4.81. The molecule has 1 unspecified atom stereocenters. The molecule has 3 aromatic rings. The number of aliphatic imine (C=N–C) groups is 1. The lowest BCUT2D eigenvalue weighted by Gasteiger charge is -2.25. The first-order chi connectivity index (χ1) is 12.7. The van der Waals surface area contributed by atoms with Gasteiger partial charge in [-0.3, -0.25) is 4.79 Å². The molecule has 1 heterocycles. The van der Waals surface area contributed by atoms with Crippen LogP contribution in [-0.2, 0) is 0 Å². The third-order valence-electron chi connectivity index (χ3n) is 4.04. The zero-order valence-electron chi connectivity index (χ0n) is 13.7. The van der Waals surface area contributed by atoms with E-state index in [0.29, 0.717) is 11.3 Å². The second kappa shape index (κ2) is 7.14. The number of halogens is 1. The second-order valence-electron chi connectivity index (χ2n) is 5.81.